The molecule has 0 spiro atoms. The smallest absolute Gasteiger partial charge is 0.328 e. The van der Waals surface area contributed by atoms with Crippen LogP contribution in [-0.4, -0.2) is 64.7 Å². The maximum absolute atomic E-state index is 12.7. The van der Waals surface area contributed by atoms with Crippen molar-refractivity contribution in [2.75, 3.05) is 19.7 Å². The zero-order valence-electron chi connectivity index (χ0n) is 16.4. The zero-order valence-corrected chi connectivity index (χ0v) is 16.4. The van der Waals surface area contributed by atoms with Crippen molar-refractivity contribution in [3.63, 3.8) is 0 Å². The second kappa shape index (κ2) is 7.06. The molecule has 1 aliphatic heterocycles. The molecule has 1 saturated heterocycles. The van der Waals surface area contributed by atoms with E-state index in [0.717, 1.165) is 29.5 Å². The SMILES string of the molecule is Cc1ccn2ncc(-c3ncc4[nH]c(=O)n(C5CCCN(C(=O)CO)C5)c4n3)c2c1. The van der Waals surface area contributed by atoms with Gasteiger partial charge in [-0.05, 0) is 37.5 Å². The molecule has 30 heavy (non-hydrogen) atoms. The number of aromatic nitrogens is 6. The van der Waals surface area contributed by atoms with Crippen LogP contribution in [0.15, 0.2) is 35.5 Å². The molecule has 1 amide bonds. The Hall–Kier alpha value is -3.53. The number of hydrogen-bond acceptors (Lipinski definition) is 6. The van der Waals surface area contributed by atoms with Crippen molar-refractivity contribution in [1.82, 2.24) is 34.0 Å². The van der Waals surface area contributed by atoms with E-state index in [2.05, 4.69) is 15.1 Å². The minimum atomic E-state index is -0.532. The summed E-state index contributed by atoms with van der Waals surface area (Å²) < 4.78 is 3.37. The molecule has 4 aromatic heterocycles. The number of pyridine rings is 1. The van der Waals surface area contributed by atoms with E-state index in [0.29, 0.717) is 30.1 Å². The lowest BCUT2D eigenvalue weighted by molar-refractivity contribution is -0.135. The van der Waals surface area contributed by atoms with Gasteiger partial charge in [-0.25, -0.2) is 19.3 Å². The lowest BCUT2D eigenvalue weighted by atomic mass is 10.1. The number of H-pyrrole nitrogens is 1. The van der Waals surface area contributed by atoms with Crippen LogP contribution in [0.2, 0.25) is 0 Å². The van der Waals surface area contributed by atoms with Crippen molar-refractivity contribution >= 4 is 22.6 Å². The number of carbonyl (C=O) groups excluding carboxylic acids is 1. The topological polar surface area (TPSA) is 121 Å². The van der Waals surface area contributed by atoms with E-state index < -0.39 is 6.61 Å². The predicted octanol–water partition coefficient (Wildman–Crippen LogP) is 0.899. The van der Waals surface area contributed by atoms with Crippen molar-refractivity contribution in [1.29, 1.82) is 0 Å². The van der Waals surface area contributed by atoms with Gasteiger partial charge in [0.25, 0.3) is 0 Å². The fraction of sp³-hybridized carbons (Fsp3) is 0.350. The molecular weight excluding hydrogens is 386 g/mol. The minimum Gasteiger partial charge on any atom is -0.387 e. The van der Waals surface area contributed by atoms with E-state index in [1.165, 1.54) is 0 Å². The van der Waals surface area contributed by atoms with Crippen LogP contribution in [0.5, 0.6) is 0 Å². The molecule has 0 bridgehead atoms. The molecule has 0 saturated carbocycles. The Morgan fingerprint density at radius 1 is 1.37 bits per heavy atom. The quantitative estimate of drug-likeness (QED) is 0.520. The number of imidazole rings is 1. The number of likely N-dealkylation sites (tertiary alicyclic amines) is 1. The van der Waals surface area contributed by atoms with Crippen LogP contribution < -0.4 is 5.69 Å². The normalized spacial score (nSPS) is 17.1. The Bertz CT molecular complexity index is 1320. The molecule has 10 nitrogen and oxygen atoms in total. The number of rotatable bonds is 3. The minimum absolute atomic E-state index is 0.218. The van der Waals surface area contributed by atoms with Gasteiger partial charge in [-0.1, -0.05) is 0 Å². The average Bonchev–Trinajstić information content (AvgIpc) is 3.32. The summed E-state index contributed by atoms with van der Waals surface area (Å²) in [7, 11) is 0. The summed E-state index contributed by atoms with van der Waals surface area (Å²) in [6.45, 7) is 2.42. The number of piperidine rings is 1. The van der Waals surface area contributed by atoms with Gasteiger partial charge in [-0.2, -0.15) is 5.10 Å². The molecule has 154 valence electrons. The third-order valence-electron chi connectivity index (χ3n) is 5.62. The molecule has 4 aromatic rings. The van der Waals surface area contributed by atoms with Gasteiger partial charge in [0.2, 0.25) is 5.91 Å². The summed E-state index contributed by atoms with van der Waals surface area (Å²) in [6.07, 6.45) is 6.70. The number of nitrogens with zero attached hydrogens (tertiary/aromatic N) is 6. The number of fused-ring (bicyclic) bond motifs is 2. The number of aliphatic hydroxyl groups is 1. The molecular formula is C20H21N7O3. The van der Waals surface area contributed by atoms with Crippen LogP contribution in [0.4, 0.5) is 0 Å². The number of aromatic amines is 1. The number of aryl methyl sites for hydroxylation is 1. The lowest BCUT2D eigenvalue weighted by Crippen LogP contribution is -2.43. The first-order valence-corrected chi connectivity index (χ1v) is 9.85. The number of amides is 1. The predicted molar refractivity (Wildman–Crippen MR) is 109 cm³/mol. The fourth-order valence-corrected chi connectivity index (χ4v) is 4.14. The highest BCUT2D eigenvalue weighted by Crippen LogP contribution is 2.26. The van der Waals surface area contributed by atoms with E-state index in [1.54, 1.807) is 26.4 Å². The van der Waals surface area contributed by atoms with Crippen molar-refractivity contribution in [3.05, 3.63) is 46.8 Å². The van der Waals surface area contributed by atoms with Crippen LogP contribution >= 0.6 is 0 Å². The van der Waals surface area contributed by atoms with Crippen LogP contribution in [0.25, 0.3) is 28.1 Å². The summed E-state index contributed by atoms with van der Waals surface area (Å²) in [5.41, 5.74) is 3.52. The highest BCUT2D eigenvalue weighted by atomic mass is 16.3. The molecule has 1 unspecified atom stereocenters. The van der Waals surface area contributed by atoms with E-state index in [4.69, 9.17) is 4.98 Å². The Balaban J connectivity index is 1.60. The van der Waals surface area contributed by atoms with Gasteiger partial charge in [0.05, 0.1) is 29.5 Å². The molecule has 0 aromatic carbocycles. The molecule has 5 heterocycles. The standard InChI is InChI=1S/C20H21N7O3/c1-12-4-6-26-16(7-12)14(8-22-26)18-21-9-15-19(24-18)27(20(30)23-15)13-3-2-5-25(10-13)17(29)11-28/h4,6-9,13,28H,2-3,5,10-11H2,1H3,(H,23,30). The monoisotopic (exact) mass is 407 g/mol. The first-order chi connectivity index (χ1) is 14.5. The van der Waals surface area contributed by atoms with Crippen molar-refractivity contribution < 1.29 is 9.90 Å². The number of carbonyl (C=O) groups is 1. The molecule has 2 N–H and O–H groups in total. The molecule has 1 atom stereocenters. The summed E-state index contributed by atoms with van der Waals surface area (Å²) in [4.78, 5) is 38.2. The van der Waals surface area contributed by atoms with E-state index in [9.17, 15) is 14.7 Å². The highest BCUT2D eigenvalue weighted by molar-refractivity contribution is 5.80. The largest absolute Gasteiger partial charge is 0.387 e. The van der Waals surface area contributed by atoms with Gasteiger partial charge in [-0.15, -0.1) is 0 Å². The summed E-state index contributed by atoms with van der Waals surface area (Å²) in [5, 5.41) is 13.5. The van der Waals surface area contributed by atoms with Gasteiger partial charge in [0.1, 0.15) is 12.1 Å². The number of hydrogen-bond donors (Lipinski definition) is 2. The third-order valence-corrected chi connectivity index (χ3v) is 5.62. The maximum atomic E-state index is 12.7. The van der Waals surface area contributed by atoms with Crippen LogP contribution in [0, 0.1) is 6.92 Å². The second-order valence-corrected chi connectivity index (χ2v) is 7.62. The van der Waals surface area contributed by atoms with Gasteiger partial charge >= 0.3 is 5.69 Å². The molecule has 1 fully saturated rings. The van der Waals surface area contributed by atoms with Gasteiger partial charge in [0, 0.05) is 19.3 Å². The molecule has 0 radical (unpaired) electrons. The summed E-state index contributed by atoms with van der Waals surface area (Å²) in [6, 6.07) is 3.77. The summed E-state index contributed by atoms with van der Waals surface area (Å²) in [5.74, 6) is 0.152. The first-order valence-electron chi connectivity index (χ1n) is 9.85. The van der Waals surface area contributed by atoms with Crippen molar-refractivity contribution in [3.8, 4) is 11.4 Å². The first kappa shape index (κ1) is 18.5. The van der Waals surface area contributed by atoms with E-state index in [-0.39, 0.29) is 17.6 Å². The number of aliphatic hydroxyl groups excluding tert-OH is 1. The van der Waals surface area contributed by atoms with Gasteiger partial charge in [-0.3, -0.25) is 9.36 Å². The average molecular weight is 407 g/mol. The van der Waals surface area contributed by atoms with Crippen molar-refractivity contribution in [2.45, 2.75) is 25.8 Å². The van der Waals surface area contributed by atoms with Gasteiger partial charge < -0.3 is 15.0 Å². The highest BCUT2D eigenvalue weighted by Gasteiger charge is 2.27. The zero-order chi connectivity index (χ0) is 20.8. The van der Waals surface area contributed by atoms with E-state index >= 15 is 0 Å². The third kappa shape index (κ3) is 2.96. The molecule has 5 rings (SSSR count). The maximum Gasteiger partial charge on any atom is 0.328 e. The second-order valence-electron chi connectivity index (χ2n) is 7.62. The summed E-state index contributed by atoms with van der Waals surface area (Å²) >= 11 is 0. The van der Waals surface area contributed by atoms with Crippen LogP contribution in [0.3, 0.4) is 0 Å². The van der Waals surface area contributed by atoms with Crippen LogP contribution in [-0.2, 0) is 4.79 Å². The molecule has 0 aliphatic carbocycles. The van der Waals surface area contributed by atoms with Crippen molar-refractivity contribution in [2.24, 2.45) is 0 Å². The number of nitrogens with one attached hydrogen (secondary N) is 1. The Morgan fingerprint density at radius 3 is 3.07 bits per heavy atom. The lowest BCUT2D eigenvalue weighted by Gasteiger charge is -2.32. The molecule has 10 heteroatoms. The Morgan fingerprint density at radius 2 is 2.23 bits per heavy atom. The van der Waals surface area contributed by atoms with Crippen LogP contribution in [0.1, 0.15) is 24.4 Å². The Kier molecular flexibility index (Phi) is 4.35. The van der Waals surface area contributed by atoms with E-state index in [1.807, 2.05) is 25.3 Å². The van der Waals surface area contributed by atoms with Gasteiger partial charge in [0.15, 0.2) is 11.5 Å². The fourth-order valence-electron chi connectivity index (χ4n) is 4.14. The molecule has 1 aliphatic rings. The Labute approximate surface area is 170 Å².